The highest BCUT2D eigenvalue weighted by molar-refractivity contribution is 5.89. The van der Waals surface area contributed by atoms with Gasteiger partial charge in [-0.15, -0.1) is 0 Å². The molecule has 1 saturated heterocycles. The number of nitrogens with one attached hydrogen (secondary N) is 1. The Balaban J connectivity index is 1.31. The van der Waals surface area contributed by atoms with Crippen molar-refractivity contribution in [3.05, 3.63) is 36.8 Å². The van der Waals surface area contributed by atoms with Gasteiger partial charge < -0.3 is 29.7 Å². The number of carboxylic acid groups (broad SMARTS) is 2. The lowest BCUT2D eigenvalue weighted by Gasteiger charge is -2.27. The van der Waals surface area contributed by atoms with Crippen molar-refractivity contribution in [1.29, 1.82) is 0 Å². The zero-order chi connectivity index (χ0) is 30.0. The highest BCUT2D eigenvalue weighted by Crippen LogP contribution is 2.31. The third-order valence-electron chi connectivity index (χ3n) is 7.36. The molecule has 13 heteroatoms. The molecule has 3 N–H and O–H groups in total. The molecule has 3 aromatic rings. The van der Waals surface area contributed by atoms with E-state index in [9.17, 15) is 24.6 Å². The molecule has 2 amide bonds. The quantitative estimate of drug-likeness (QED) is 0.318. The van der Waals surface area contributed by atoms with Crippen LogP contribution in [0.4, 0.5) is 15.4 Å². The fourth-order valence-electron chi connectivity index (χ4n) is 5.25. The number of pyridine rings is 2. The fraction of sp³-hybridized carbons (Fsp3) is 0.517. The van der Waals surface area contributed by atoms with Crippen molar-refractivity contribution in [2.75, 3.05) is 25.0 Å². The molecule has 1 aliphatic heterocycles. The lowest BCUT2D eigenvalue weighted by molar-refractivity contribution is -0.141. The number of likely N-dealkylation sites (tertiary alicyclic amines) is 1. The van der Waals surface area contributed by atoms with Crippen LogP contribution in [0.3, 0.4) is 0 Å². The summed E-state index contributed by atoms with van der Waals surface area (Å²) in [5, 5.41) is 22.0. The molecule has 42 heavy (non-hydrogen) atoms. The molecule has 1 aliphatic carbocycles. The average Bonchev–Trinajstić information content (AvgIpc) is 3.48. The predicted molar refractivity (Wildman–Crippen MR) is 154 cm³/mol. The number of carboxylic acids is 1. The van der Waals surface area contributed by atoms with Gasteiger partial charge in [-0.1, -0.05) is 6.07 Å². The summed E-state index contributed by atoms with van der Waals surface area (Å²) in [5.74, 6) is -0.137. The summed E-state index contributed by atoms with van der Waals surface area (Å²) in [6.07, 6.45) is 5.00. The molecule has 1 saturated carbocycles. The van der Waals surface area contributed by atoms with Crippen LogP contribution in [0.2, 0.25) is 0 Å². The number of aromatic nitrogens is 4. The largest absolute Gasteiger partial charge is 0.480 e. The van der Waals surface area contributed by atoms with Crippen molar-refractivity contribution in [3.8, 4) is 11.4 Å². The van der Waals surface area contributed by atoms with E-state index in [1.165, 1.54) is 0 Å². The van der Waals surface area contributed by atoms with E-state index in [0.29, 0.717) is 49.2 Å². The minimum atomic E-state index is -1.26. The first-order valence-corrected chi connectivity index (χ1v) is 14.2. The number of hydrogen-bond acceptors (Lipinski definition) is 8. The summed E-state index contributed by atoms with van der Waals surface area (Å²) in [5.41, 5.74) is 2.26. The third kappa shape index (κ3) is 6.89. The van der Waals surface area contributed by atoms with E-state index in [1.807, 2.05) is 43.5 Å². The van der Waals surface area contributed by atoms with Crippen LogP contribution in [0.5, 0.6) is 0 Å². The second kappa shape index (κ2) is 11.8. The first-order chi connectivity index (χ1) is 20.0. The third-order valence-corrected chi connectivity index (χ3v) is 7.36. The first kappa shape index (κ1) is 29.1. The summed E-state index contributed by atoms with van der Waals surface area (Å²) >= 11 is 0. The monoisotopic (exact) mass is 579 g/mol. The Hall–Kier alpha value is -4.42. The highest BCUT2D eigenvalue weighted by Gasteiger charge is 2.40. The van der Waals surface area contributed by atoms with Crippen LogP contribution in [-0.2, 0) is 16.1 Å². The van der Waals surface area contributed by atoms with Gasteiger partial charge in [0.25, 0.3) is 0 Å². The van der Waals surface area contributed by atoms with E-state index in [-0.39, 0.29) is 19.1 Å². The Kier molecular flexibility index (Phi) is 8.19. The number of ether oxygens (including phenoxy) is 1. The van der Waals surface area contributed by atoms with Crippen LogP contribution in [0.15, 0.2) is 36.8 Å². The predicted octanol–water partition coefficient (Wildman–Crippen LogP) is 4.15. The van der Waals surface area contributed by atoms with E-state index in [0.717, 1.165) is 28.8 Å². The maximum absolute atomic E-state index is 12.8. The van der Waals surface area contributed by atoms with E-state index in [4.69, 9.17) is 9.72 Å². The molecule has 224 valence electrons. The fourth-order valence-corrected chi connectivity index (χ4v) is 5.25. The van der Waals surface area contributed by atoms with E-state index in [1.54, 1.807) is 23.5 Å². The Morgan fingerprint density at radius 3 is 2.60 bits per heavy atom. The molecule has 2 aliphatic rings. The highest BCUT2D eigenvalue weighted by atomic mass is 16.6. The molecule has 0 spiro atoms. The number of carbonyl (C=O) groups excluding carboxylic acids is 1. The summed E-state index contributed by atoms with van der Waals surface area (Å²) < 4.78 is 7.66. The van der Waals surface area contributed by atoms with E-state index in [2.05, 4.69) is 15.3 Å². The zero-order valence-electron chi connectivity index (χ0n) is 24.1. The van der Waals surface area contributed by atoms with Gasteiger partial charge in [-0.3, -0.25) is 9.88 Å². The summed E-state index contributed by atoms with van der Waals surface area (Å²) in [6.45, 7) is 7.53. The smallest absolute Gasteiger partial charge is 0.410 e. The lowest BCUT2D eigenvalue weighted by Crippen LogP contribution is -2.39. The Labute approximate surface area is 243 Å². The Bertz CT molecular complexity index is 1440. The molecule has 13 nitrogen and oxygen atoms in total. The second-order valence-electron chi connectivity index (χ2n) is 12.0. The van der Waals surface area contributed by atoms with Gasteiger partial charge in [0, 0.05) is 44.8 Å². The number of nitrogens with zero attached hydrogens (tertiary/aromatic N) is 6. The normalized spacial score (nSPS) is 18.7. The average molecular weight is 580 g/mol. The van der Waals surface area contributed by atoms with Crippen LogP contribution in [0.25, 0.3) is 22.4 Å². The number of aryl methyl sites for hydroxylation is 1. The number of amides is 2. The molecule has 4 heterocycles. The number of anilines is 1. The van der Waals surface area contributed by atoms with Gasteiger partial charge in [0.2, 0.25) is 0 Å². The van der Waals surface area contributed by atoms with E-state index >= 15 is 0 Å². The van der Waals surface area contributed by atoms with Gasteiger partial charge in [0.05, 0.1) is 23.1 Å². The topological polar surface area (TPSA) is 163 Å². The van der Waals surface area contributed by atoms with Crippen molar-refractivity contribution in [2.24, 2.45) is 5.92 Å². The van der Waals surface area contributed by atoms with Crippen molar-refractivity contribution in [3.63, 3.8) is 0 Å². The molecule has 0 aromatic carbocycles. The molecule has 0 radical (unpaired) electrons. The number of rotatable bonds is 10. The summed E-state index contributed by atoms with van der Waals surface area (Å²) in [4.78, 5) is 52.5. The minimum Gasteiger partial charge on any atom is -0.480 e. The Morgan fingerprint density at radius 1 is 1.14 bits per heavy atom. The maximum Gasteiger partial charge on any atom is 0.410 e. The van der Waals surface area contributed by atoms with Gasteiger partial charge in [-0.25, -0.2) is 24.4 Å². The number of fused-ring (bicyclic) bond motifs is 1. The summed E-state index contributed by atoms with van der Waals surface area (Å²) in [7, 11) is 0. The van der Waals surface area contributed by atoms with Gasteiger partial charge >= 0.3 is 18.2 Å². The van der Waals surface area contributed by atoms with Gasteiger partial charge in [0.1, 0.15) is 23.2 Å². The van der Waals surface area contributed by atoms with Crippen LogP contribution < -0.4 is 5.32 Å². The van der Waals surface area contributed by atoms with Crippen molar-refractivity contribution < 1.29 is 29.3 Å². The molecule has 3 aromatic heterocycles. The van der Waals surface area contributed by atoms with Crippen molar-refractivity contribution in [1.82, 2.24) is 29.3 Å². The van der Waals surface area contributed by atoms with Crippen molar-refractivity contribution in [2.45, 2.75) is 70.7 Å². The first-order valence-electron chi connectivity index (χ1n) is 14.2. The SMILES string of the molecule is CC(C)(C)OC(=O)N(CCCn1cnc2ccnc(-c3cccc(N[C@H]4C[C@@H](C(=O)O)N(C(=O)O)C4)n3)c21)CC1CC1. The van der Waals surface area contributed by atoms with Gasteiger partial charge in [-0.05, 0) is 64.2 Å². The minimum absolute atomic E-state index is 0.0415. The maximum atomic E-state index is 12.8. The van der Waals surface area contributed by atoms with Gasteiger partial charge in [-0.2, -0.15) is 0 Å². The molecule has 0 bridgehead atoms. The Morgan fingerprint density at radius 2 is 1.93 bits per heavy atom. The van der Waals surface area contributed by atoms with Crippen LogP contribution >= 0.6 is 0 Å². The van der Waals surface area contributed by atoms with Crippen LogP contribution in [0, 0.1) is 5.92 Å². The standard InChI is InChI=1S/C29H37N7O6/c1-29(2,3)42-28(41)34(15-18-8-9-18)12-5-13-35-17-31-21-10-11-30-24(25(21)35)20-6-4-7-23(33-20)32-19-14-22(26(37)38)36(16-19)27(39)40/h4,6-7,10-11,17-19,22H,5,8-9,12-16H2,1-3H3,(H,32,33)(H,37,38)(H,39,40)/t19-,22-/m0/s1. The molecule has 5 rings (SSSR count). The molecule has 2 fully saturated rings. The summed E-state index contributed by atoms with van der Waals surface area (Å²) in [6, 6.07) is 5.74. The number of imidazole rings is 1. The number of hydrogen-bond donors (Lipinski definition) is 3. The number of carbonyl (C=O) groups is 3. The lowest BCUT2D eigenvalue weighted by atomic mass is 10.1. The van der Waals surface area contributed by atoms with Crippen molar-refractivity contribution >= 4 is 35.0 Å². The van der Waals surface area contributed by atoms with Crippen LogP contribution in [0.1, 0.15) is 46.5 Å². The molecular formula is C29H37N7O6. The second-order valence-corrected chi connectivity index (χ2v) is 12.0. The van der Waals surface area contributed by atoms with Crippen LogP contribution in [-0.4, -0.2) is 95.0 Å². The molecule has 0 unspecified atom stereocenters. The van der Waals surface area contributed by atoms with Gasteiger partial charge in [0.15, 0.2) is 0 Å². The molecular weight excluding hydrogens is 542 g/mol. The molecule has 2 atom stereocenters. The van der Waals surface area contributed by atoms with E-state index < -0.39 is 29.7 Å². The zero-order valence-corrected chi connectivity index (χ0v) is 24.1. The number of aliphatic carboxylic acids is 1.